The highest BCUT2D eigenvalue weighted by molar-refractivity contribution is 7.86. The second-order valence-electron chi connectivity index (χ2n) is 11.7. The zero-order valence-corrected chi connectivity index (χ0v) is 27.4. The molecule has 13 heteroatoms. The molecule has 2 heterocycles. The zero-order valence-electron chi connectivity index (χ0n) is 26.6. The van der Waals surface area contributed by atoms with E-state index in [4.69, 9.17) is 14.6 Å². The van der Waals surface area contributed by atoms with Crippen LogP contribution >= 0.6 is 0 Å². The first-order valence-electron chi connectivity index (χ1n) is 15.5. The van der Waals surface area contributed by atoms with Crippen LogP contribution in [0.15, 0.2) is 61.2 Å². The third-order valence-corrected chi connectivity index (χ3v) is 9.77. The molecule has 0 bridgehead atoms. The third-order valence-electron chi connectivity index (χ3n) is 8.71. The summed E-state index contributed by atoms with van der Waals surface area (Å²) in [4.78, 5) is 31.7. The first-order chi connectivity index (χ1) is 22.1. The number of aromatic nitrogens is 3. The second-order valence-corrected chi connectivity index (χ2v) is 13.4. The number of para-hydroxylation sites is 1. The van der Waals surface area contributed by atoms with Crippen molar-refractivity contribution in [2.45, 2.75) is 38.0 Å². The van der Waals surface area contributed by atoms with Crippen LogP contribution in [0.2, 0.25) is 0 Å². The Balaban J connectivity index is 1.36. The van der Waals surface area contributed by atoms with E-state index in [-0.39, 0.29) is 38.2 Å². The van der Waals surface area contributed by atoms with Gasteiger partial charge in [-0.3, -0.25) is 14.2 Å². The number of ether oxygens (including phenoxy) is 2. The Morgan fingerprint density at radius 3 is 2.50 bits per heavy atom. The van der Waals surface area contributed by atoms with Gasteiger partial charge in [0, 0.05) is 68.7 Å². The van der Waals surface area contributed by atoms with E-state index in [1.54, 1.807) is 19.4 Å². The number of imidazole rings is 1. The molecule has 1 saturated carbocycles. The molecule has 12 nitrogen and oxygen atoms in total. The summed E-state index contributed by atoms with van der Waals surface area (Å²) >= 11 is 0. The summed E-state index contributed by atoms with van der Waals surface area (Å²) in [7, 11) is 1.31. The third kappa shape index (κ3) is 7.49. The Morgan fingerprint density at radius 2 is 1.78 bits per heavy atom. The Morgan fingerprint density at radius 1 is 1.04 bits per heavy atom. The van der Waals surface area contributed by atoms with Gasteiger partial charge in [0.2, 0.25) is 0 Å². The molecule has 0 radical (unpaired) electrons. The summed E-state index contributed by atoms with van der Waals surface area (Å²) < 4.78 is 38.9. The fraction of sp³-hybridized carbons (Fsp3) is 0.424. The molecule has 1 amide bonds. The molecule has 46 heavy (non-hydrogen) atoms. The highest BCUT2D eigenvalue weighted by atomic mass is 32.2. The van der Waals surface area contributed by atoms with Crippen LogP contribution in [0, 0.1) is 0 Å². The molecular weight excluding hydrogens is 608 g/mol. The summed E-state index contributed by atoms with van der Waals surface area (Å²) in [6.45, 7) is 0.678. The Labute approximate surface area is 269 Å². The van der Waals surface area contributed by atoms with Crippen molar-refractivity contribution in [1.29, 1.82) is 0 Å². The lowest BCUT2D eigenvalue weighted by Crippen LogP contribution is -2.37. The molecule has 0 saturated heterocycles. The highest BCUT2D eigenvalue weighted by Gasteiger charge is 2.28. The Hall–Kier alpha value is -4.04. The van der Waals surface area contributed by atoms with Gasteiger partial charge in [0.25, 0.3) is 22.0 Å². The van der Waals surface area contributed by atoms with Gasteiger partial charge in [0.1, 0.15) is 12.1 Å². The summed E-state index contributed by atoms with van der Waals surface area (Å²) in [5, 5.41) is 6.20. The number of benzene rings is 2. The molecule has 2 aromatic carbocycles. The maximum atomic E-state index is 13.2. The number of hydrogen-bond donors (Lipinski definition) is 1. The van der Waals surface area contributed by atoms with Crippen molar-refractivity contribution in [3.63, 3.8) is 0 Å². The van der Waals surface area contributed by atoms with Crippen LogP contribution in [0.4, 0.5) is 0 Å². The molecule has 5 rings (SSSR count). The van der Waals surface area contributed by atoms with Crippen LogP contribution in [0.3, 0.4) is 0 Å². The number of amides is 1. The van der Waals surface area contributed by atoms with Crippen LogP contribution < -0.4 is 9.88 Å². The lowest BCUT2D eigenvalue weighted by molar-refractivity contribution is -0.132. The maximum Gasteiger partial charge on any atom is 0.276 e. The van der Waals surface area contributed by atoms with Crippen molar-refractivity contribution in [3.05, 3.63) is 72.3 Å². The molecule has 0 aliphatic heterocycles. The molecule has 2 aromatic heterocycles. The lowest BCUT2D eigenvalue weighted by Gasteiger charge is -2.24. The number of carbonyl (C=O) groups is 2. The molecule has 1 aliphatic rings. The largest absolute Gasteiger partial charge is 0.483 e. The fourth-order valence-electron chi connectivity index (χ4n) is 6.04. The smallest absolute Gasteiger partial charge is 0.276 e. The molecule has 0 atom stereocenters. The van der Waals surface area contributed by atoms with Crippen LogP contribution in [-0.2, 0) is 26.8 Å². The van der Waals surface area contributed by atoms with E-state index in [2.05, 4.69) is 15.6 Å². The van der Waals surface area contributed by atoms with Crippen molar-refractivity contribution in [3.8, 4) is 17.0 Å². The van der Waals surface area contributed by atoms with Crippen molar-refractivity contribution < 1.29 is 27.5 Å². The van der Waals surface area contributed by atoms with Crippen LogP contribution in [-0.4, -0.2) is 90.6 Å². The van der Waals surface area contributed by atoms with Crippen LogP contribution in [0.5, 0.6) is 5.75 Å². The van der Waals surface area contributed by atoms with Gasteiger partial charge in [-0.05, 0) is 48.6 Å². The molecule has 4 aromatic rings. The van der Waals surface area contributed by atoms with Crippen molar-refractivity contribution in [2.24, 2.45) is 12.2 Å². The zero-order chi connectivity index (χ0) is 32.8. The Bertz CT molecular complexity index is 1780. The standard InChI is InChI=1S/C33H42N6O6S/c1-36(17-19-44-20-18-37(2)46(34,42)43)30(40)22-45-29-12-8-7-11-27(29)32-31(24-9-5-4-6-10-24)26-14-13-25(21-28(26)38(32)3)33(41)39-16-15-35-23-39/h7-8,11-16,21,23-24H,4-6,9-10,17-20,22H2,1-3H3,(H2,34,42,43). The maximum absolute atomic E-state index is 13.2. The van der Waals surface area contributed by atoms with Gasteiger partial charge in [-0.2, -0.15) is 12.7 Å². The van der Waals surface area contributed by atoms with Gasteiger partial charge in [-0.25, -0.2) is 10.1 Å². The number of likely N-dealkylation sites (N-methyl/N-ethyl adjacent to an activating group) is 2. The van der Waals surface area contributed by atoms with Gasteiger partial charge in [-0.15, -0.1) is 0 Å². The first-order valence-corrected chi connectivity index (χ1v) is 17.0. The number of hydrogen-bond acceptors (Lipinski definition) is 7. The number of nitrogens with zero attached hydrogens (tertiary/aromatic N) is 5. The van der Waals surface area contributed by atoms with E-state index in [1.165, 1.54) is 47.7 Å². The molecule has 2 N–H and O–H groups in total. The van der Waals surface area contributed by atoms with E-state index in [9.17, 15) is 18.0 Å². The minimum atomic E-state index is -3.76. The second kappa shape index (κ2) is 14.6. The average Bonchev–Trinajstić information content (AvgIpc) is 3.69. The number of aryl methyl sites for hydroxylation is 1. The molecular formula is C33H42N6O6S. The van der Waals surface area contributed by atoms with E-state index >= 15 is 0 Å². The molecule has 0 spiro atoms. The van der Waals surface area contributed by atoms with Gasteiger partial charge in [-0.1, -0.05) is 37.5 Å². The monoisotopic (exact) mass is 650 g/mol. The summed E-state index contributed by atoms with van der Waals surface area (Å²) in [6, 6.07) is 13.7. The van der Waals surface area contributed by atoms with Crippen molar-refractivity contribution >= 4 is 32.9 Å². The lowest BCUT2D eigenvalue weighted by atomic mass is 9.81. The molecule has 246 valence electrons. The predicted molar refractivity (Wildman–Crippen MR) is 176 cm³/mol. The van der Waals surface area contributed by atoms with E-state index in [1.807, 2.05) is 43.4 Å². The summed E-state index contributed by atoms with van der Waals surface area (Å²) in [6.07, 6.45) is 10.5. The summed E-state index contributed by atoms with van der Waals surface area (Å²) in [5.74, 6) is 0.610. The van der Waals surface area contributed by atoms with Gasteiger partial charge < -0.3 is 18.9 Å². The topological polar surface area (TPSA) is 142 Å². The van der Waals surface area contributed by atoms with E-state index in [0.29, 0.717) is 23.8 Å². The van der Waals surface area contributed by atoms with E-state index in [0.717, 1.165) is 39.3 Å². The van der Waals surface area contributed by atoms with Crippen LogP contribution in [0.25, 0.3) is 22.2 Å². The van der Waals surface area contributed by atoms with Crippen LogP contribution in [0.1, 0.15) is 53.9 Å². The number of nitrogens with two attached hydrogens (primary N) is 1. The molecule has 0 unspecified atom stereocenters. The predicted octanol–water partition coefficient (Wildman–Crippen LogP) is 3.77. The normalized spacial score (nSPS) is 14.2. The average molecular weight is 651 g/mol. The quantitative estimate of drug-likeness (QED) is 0.217. The highest BCUT2D eigenvalue weighted by Crippen LogP contribution is 2.45. The minimum Gasteiger partial charge on any atom is -0.483 e. The Kier molecular flexibility index (Phi) is 10.6. The minimum absolute atomic E-state index is 0.121. The van der Waals surface area contributed by atoms with Gasteiger partial charge >= 0.3 is 0 Å². The number of carbonyl (C=O) groups excluding carboxylic acids is 2. The number of rotatable bonds is 13. The van der Waals surface area contributed by atoms with Crippen molar-refractivity contribution in [1.82, 2.24) is 23.3 Å². The summed E-state index contributed by atoms with van der Waals surface area (Å²) in [5.41, 5.74) is 4.71. The van der Waals surface area contributed by atoms with Gasteiger partial charge in [0.15, 0.2) is 6.61 Å². The molecule has 1 aliphatic carbocycles. The van der Waals surface area contributed by atoms with Crippen molar-refractivity contribution in [2.75, 3.05) is 47.0 Å². The van der Waals surface area contributed by atoms with E-state index < -0.39 is 10.2 Å². The first kappa shape index (κ1) is 33.3. The number of fused-ring (bicyclic) bond motifs is 1. The SMILES string of the molecule is CN(CCOCCN(C)S(N)(=O)=O)C(=O)COc1ccccc1-c1c(C2CCCCC2)c2ccc(C(=O)n3ccnc3)cc2n1C. The van der Waals surface area contributed by atoms with Gasteiger partial charge in [0.05, 0.1) is 18.9 Å². The fourth-order valence-corrected chi connectivity index (χ4v) is 6.37. The molecule has 1 fully saturated rings.